The molecule has 3 rings (SSSR count). The van der Waals surface area contributed by atoms with Gasteiger partial charge in [0, 0.05) is 33.1 Å². The molecule has 0 atom stereocenters. The molecule has 2 heterocycles. The first-order valence-corrected chi connectivity index (χ1v) is 7.26. The lowest BCUT2D eigenvalue weighted by Crippen LogP contribution is -2.38. The summed E-state index contributed by atoms with van der Waals surface area (Å²) in [5.74, 6) is 0.0506. The number of carbonyl (C=O) groups excluding carboxylic acids is 2. The number of carbonyl (C=O) groups is 2. The maximum absolute atomic E-state index is 12.4. The summed E-state index contributed by atoms with van der Waals surface area (Å²) in [4.78, 5) is 27.3. The third-order valence-electron chi connectivity index (χ3n) is 3.82. The number of aromatic amines is 1. The molecule has 8 heteroatoms. The van der Waals surface area contributed by atoms with Crippen molar-refractivity contribution in [1.29, 1.82) is 0 Å². The van der Waals surface area contributed by atoms with E-state index < -0.39 is 0 Å². The number of nitrogens with zero attached hydrogens (tertiary/aromatic N) is 4. The van der Waals surface area contributed by atoms with E-state index in [2.05, 4.69) is 20.7 Å². The normalized spacial score (nSPS) is 15.7. The van der Waals surface area contributed by atoms with E-state index in [0.29, 0.717) is 42.9 Å². The number of fused-ring (bicyclic) bond motifs is 1. The number of rotatable bonds is 1. The van der Waals surface area contributed by atoms with Crippen LogP contribution in [0.5, 0.6) is 0 Å². The van der Waals surface area contributed by atoms with E-state index in [1.807, 2.05) is 12.1 Å². The molecule has 116 valence electrons. The predicted octanol–water partition coefficient (Wildman–Crippen LogP) is 1.04. The van der Waals surface area contributed by atoms with Crippen LogP contribution >= 0.6 is 0 Å². The standard InChI is InChI=1S/C14H18N6O2/c1-10(21)19-6-3-7-20(9-8-19)14(22)15-11-4-2-5-12-13(11)17-18-16-12/h2,4-5H,3,6-9H2,1H3,(H,15,22)(H,16,17,18). The van der Waals surface area contributed by atoms with Crippen LogP contribution in [-0.4, -0.2) is 63.3 Å². The van der Waals surface area contributed by atoms with Gasteiger partial charge < -0.3 is 15.1 Å². The molecule has 2 aromatic rings. The molecule has 3 amide bonds. The average molecular weight is 302 g/mol. The molecule has 0 spiro atoms. The number of anilines is 1. The first kappa shape index (κ1) is 14.3. The number of H-pyrrole nitrogens is 1. The van der Waals surface area contributed by atoms with Crippen LogP contribution in [0.3, 0.4) is 0 Å². The maximum Gasteiger partial charge on any atom is 0.321 e. The van der Waals surface area contributed by atoms with Gasteiger partial charge in [0.2, 0.25) is 5.91 Å². The third-order valence-corrected chi connectivity index (χ3v) is 3.82. The Bertz CT molecular complexity index is 697. The smallest absolute Gasteiger partial charge is 0.321 e. The molecular weight excluding hydrogens is 284 g/mol. The van der Waals surface area contributed by atoms with Gasteiger partial charge in [0.05, 0.1) is 5.69 Å². The fourth-order valence-electron chi connectivity index (χ4n) is 2.60. The molecule has 1 aromatic heterocycles. The number of para-hydroxylation sites is 1. The van der Waals surface area contributed by atoms with Gasteiger partial charge in [0.25, 0.3) is 0 Å². The molecule has 22 heavy (non-hydrogen) atoms. The van der Waals surface area contributed by atoms with Crippen LogP contribution in [-0.2, 0) is 4.79 Å². The summed E-state index contributed by atoms with van der Waals surface area (Å²) in [5.41, 5.74) is 1.97. The van der Waals surface area contributed by atoms with Crippen molar-refractivity contribution in [3.8, 4) is 0 Å². The molecule has 1 aliphatic rings. The summed E-state index contributed by atoms with van der Waals surface area (Å²) >= 11 is 0. The second-order valence-corrected chi connectivity index (χ2v) is 5.27. The van der Waals surface area contributed by atoms with Gasteiger partial charge in [-0.15, -0.1) is 0 Å². The fraction of sp³-hybridized carbons (Fsp3) is 0.429. The largest absolute Gasteiger partial charge is 0.341 e. The molecular formula is C14H18N6O2. The molecule has 1 fully saturated rings. The number of amides is 3. The van der Waals surface area contributed by atoms with Crippen LogP contribution in [0.15, 0.2) is 18.2 Å². The van der Waals surface area contributed by atoms with E-state index in [1.165, 1.54) is 0 Å². The first-order chi connectivity index (χ1) is 10.6. The fourth-order valence-corrected chi connectivity index (χ4v) is 2.60. The van der Waals surface area contributed by atoms with Crippen molar-refractivity contribution in [3.63, 3.8) is 0 Å². The summed E-state index contributed by atoms with van der Waals surface area (Å²) in [7, 11) is 0. The number of aromatic nitrogens is 3. The van der Waals surface area contributed by atoms with Crippen molar-refractivity contribution in [2.75, 3.05) is 31.5 Å². The summed E-state index contributed by atoms with van der Waals surface area (Å²) < 4.78 is 0. The van der Waals surface area contributed by atoms with E-state index in [9.17, 15) is 9.59 Å². The van der Waals surface area contributed by atoms with Crippen LogP contribution in [0.25, 0.3) is 11.0 Å². The number of hydrogen-bond acceptors (Lipinski definition) is 4. The van der Waals surface area contributed by atoms with Crippen LogP contribution in [0, 0.1) is 0 Å². The predicted molar refractivity (Wildman–Crippen MR) is 81.4 cm³/mol. The minimum Gasteiger partial charge on any atom is -0.341 e. The van der Waals surface area contributed by atoms with Gasteiger partial charge in [-0.1, -0.05) is 6.07 Å². The van der Waals surface area contributed by atoms with Crippen molar-refractivity contribution in [1.82, 2.24) is 25.2 Å². The van der Waals surface area contributed by atoms with Crippen molar-refractivity contribution in [2.45, 2.75) is 13.3 Å². The Morgan fingerprint density at radius 3 is 2.73 bits per heavy atom. The van der Waals surface area contributed by atoms with Crippen molar-refractivity contribution < 1.29 is 9.59 Å². The lowest BCUT2D eigenvalue weighted by Gasteiger charge is -2.21. The zero-order chi connectivity index (χ0) is 15.5. The van der Waals surface area contributed by atoms with Gasteiger partial charge in [-0.05, 0) is 18.6 Å². The number of hydrogen-bond donors (Lipinski definition) is 2. The molecule has 0 saturated carbocycles. The minimum absolute atomic E-state index is 0.0506. The molecule has 8 nitrogen and oxygen atoms in total. The molecule has 0 radical (unpaired) electrons. The maximum atomic E-state index is 12.4. The average Bonchev–Trinajstić information content (AvgIpc) is 2.83. The highest BCUT2D eigenvalue weighted by atomic mass is 16.2. The third kappa shape index (κ3) is 2.85. The summed E-state index contributed by atoms with van der Waals surface area (Å²) in [6.45, 7) is 3.97. The molecule has 2 N–H and O–H groups in total. The SMILES string of the molecule is CC(=O)N1CCCN(C(=O)Nc2cccc3n[nH]nc23)CC1. The van der Waals surface area contributed by atoms with Gasteiger partial charge >= 0.3 is 6.03 Å². The van der Waals surface area contributed by atoms with E-state index >= 15 is 0 Å². The second-order valence-electron chi connectivity index (χ2n) is 5.27. The van der Waals surface area contributed by atoms with Gasteiger partial charge in [-0.25, -0.2) is 4.79 Å². The van der Waals surface area contributed by atoms with Crippen LogP contribution < -0.4 is 5.32 Å². The zero-order valence-electron chi connectivity index (χ0n) is 12.4. The molecule has 1 aliphatic heterocycles. The summed E-state index contributed by atoms with van der Waals surface area (Å²) in [6, 6.07) is 5.26. The second kappa shape index (κ2) is 6.00. The van der Waals surface area contributed by atoms with Gasteiger partial charge in [-0.3, -0.25) is 4.79 Å². The Hall–Kier alpha value is -2.64. The topological polar surface area (TPSA) is 94.2 Å². The summed E-state index contributed by atoms with van der Waals surface area (Å²) in [5, 5.41) is 13.5. The Morgan fingerprint density at radius 2 is 1.91 bits per heavy atom. The minimum atomic E-state index is -0.180. The lowest BCUT2D eigenvalue weighted by molar-refractivity contribution is -0.128. The van der Waals surface area contributed by atoms with Crippen molar-refractivity contribution in [2.24, 2.45) is 0 Å². The Labute approximate surface area is 127 Å². The summed E-state index contributed by atoms with van der Waals surface area (Å²) in [6.07, 6.45) is 0.779. The molecule has 0 bridgehead atoms. The lowest BCUT2D eigenvalue weighted by atomic mass is 10.2. The zero-order valence-corrected chi connectivity index (χ0v) is 12.4. The Balaban J connectivity index is 1.69. The number of nitrogens with one attached hydrogen (secondary N) is 2. The van der Waals surface area contributed by atoms with Crippen molar-refractivity contribution in [3.05, 3.63) is 18.2 Å². The Kier molecular flexibility index (Phi) is 3.90. The van der Waals surface area contributed by atoms with E-state index in [1.54, 1.807) is 22.8 Å². The van der Waals surface area contributed by atoms with Crippen molar-refractivity contribution >= 4 is 28.7 Å². The van der Waals surface area contributed by atoms with E-state index in [0.717, 1.165) is 6.42 Å². The monoisotopic (exact) mass is 302 g/mol. The van der Waals surface area contributed by atoms with Crippen LogP contribution in [0.2, 0.25) is 0 Å². The Morgan fingerprint density at radius 1 is 1.14 bits per heavy atom. The highest BCUT2D eigenvalue weighted by Gasteiger charge is 2.21. The number of benzene rings is 1. The first-order valence-electron chi connectivity index (χ1n) is 7.26. The van der Waals surface area contributed by atoms with Gasteiger partial charge in [0.1, 0.15) is 11.0 Å². The van der Waals surface area contributed by atoms with Crippen LogP contribution in [0.1, 0.15) is 13.3 Å². The molecule has 0 aliphatic carbocycles. The molecule has 1 aromatic carbocycles. The van der Waals surface area contributed by atoms with Crippen LogP contribution in [0.4, 0.5) is 10.5 Å². The number of urea groups is 1. The quantitative estimate of drug-likeness (QED) is 0.823. The van der Waals surface area contributed by atoms with E-state index in [-0.39, 0.29) is 11.9 Å². The molecule has 0 unspecified atom stereocenters. The highest BCUT2D eigenvalue weighted by molar-refractivity contribution is 5.98. The van der Waals surface area contributed by atoms with Gasteiger partial charge in [-0.2, -0.15) is 15.4 Å². The van der Waals surface area contributed by atoms with Gasteiger partial charge in [0.15, 0.2) is 0 Å². The molecule has 1 saturated heterocycles. The van der Waals surface area contributed by atoms with E-state index in [4.69, 9.17) is 0 Å². The highest BCUT2D eigenvalue weighted by Crippen LogP contribution is 2.19.